The van der Waals surface area contributed by atoms with Crippen LogP contribution < -0.4 is 11.1 Å². The van der Waals surface area contributed by atoms with Gasteiger partial charge in [0.05, 0.1) is 18.9 Å². The van der Waals surface area contributed by atoms with Gasteiger partial charge in [0.1, 0.15) is 0 Å². The molecule has 3 rings (SSSR count). The zero-order valence-electron chi connectivity index (χ0n) is 13.4. The third kappa shape index (κ3) is 3.74. The van der Waals surface area contributed by atoms with Gasteiger partial charge in [-0.2, -0.15) is 0 Å². The molecule has 1 fully saturated rings. The Morgan fingerprint density at radius 3 is 2.54 bits per heavy atom. The Labute approximate surface area is 141 Å². The molecule has 1 aliphatic rings. The van der Waals surface area contributed by atoms with E-state index in [0.717, 1.165) is 11.1 Å². The SMILES string of the molecule is Nc1ccc(CC(=O)N2CCNC(=O)CC2c2ccccc2)cc1. The number of benzene rings is 2. The van der Waals surface area contributed by atoms with Crippen molar-refractivity contribution in [2.45, 2.75) is 18.9 Å². The van der Waals surface area contributed by atoms with Crippen molar-refractivity contribution in [2.75, 3.05) is 18.8 Å². The van der Waals surface area contributed by atoms with Gasteiger partial charge in [-0.3, -0.25) is 9.59 Å². The zero-order chi connectivity index (χ0) is 16.9. The van der Waals surface area contributed by atoms with E-state index in [-0.39, 0.29) is 24.3 Å². The largest absolute Gasteiger partial charge is 0.399 e. The Bertz CT molecular complexity index is 713. The van der Waals surface area contributed by atoms with Gasteiger partial charge in [0.15, 0.2) is 0 Å². The average Bonchev–Trinajstić information content (AvgIpc) is 2.79. The molecule has 24 heavy (non-hydrogen) atoms. The van der Waals surface area contributed by atoms with E-state index in [0.29, 0.717) is 25.2 Å². The fraction of sp³-hybridized carbons (Fsp3) is 0.263. The van der Waals surface area contributed by atoms with Gasteiger partial charge in [0.25, 0.3) is 0 Å². The highest BCUT2D eigenvalue weighted by molar-refractivity contribution is 5.82. The lowest BCUT2D eigenvalue weighted by Gasteiger charge is -2.29. The van der Waals surface area contributed by atoms with Crippen LogP contribution >= 0.6 is 0 Å². The zero-order valence-corrected chi connectivity index (χ0v) is 13.4. The lowest BCUT2D eigenvalue weighted by Crippen LogP contribution is -2.37. The van der Waals surface area contributed by atoms with Crippen LogP contribution in [0, 0.1) is 0 Å². The van der Waals surface area contributed by atoms with E-state index in [2.05, 4.69) is 5.32 Å². The van der Waals surface area contributed by atoms with Crippen LogP contribution in [-0.2, 0) is 16.0 Å². The van der Waals surface area contributed by atoms with E-state index >= 15 is 0 Å². The summed E-state index contributed by atoms with van der Waals surface area (Å²) in [5.41, 5.74) is 8.28. The van der Waals surface area contributed by atoms with Crippen molar-refractivity contribution >= 4 is 17.5 Å². The first-order chi connectivity index (χ1) is 11.6. The molecule has 3 N–H and O–H groups in total. The van der Waals surface area contributed by atoms with Crippen molar-refractivity contribution < 1.29 is 9.59 Å². The van der Waals surface area contributed by atoms with Crippen LogP contribution in [0.1, 0.15) is 23.6 Å². The molecule has 124 valence electrons. The number of nitrogens with two attached hydrogens (primary N) is 1. The number of hydrogen-bond donors (Lipinski definition) is 2. The molecule has 1 unspecified atom stereocenters. The molecule has 0 saturated carbocycles. The summed E-state index contributed by atoms with van der Waals surface area (Å²) < 4.78 is 0. The lowest BCUT2D eigenvalue weighted by molar-refractivity contribution is -0.133. The summed E-state index contributed by atoms with van der Waals surface area (Å²) in [6.07, 6.45) is 0.593. The number of nitrogen functional groups attached to an aromatic ring is 1. The summed E-state index contributed by atoms with van der Waals surface area (Å²) >= 11 is 0. The molecule has 1 aliphatic heterocycles. The second-order valence-corrected chi connectivity index (χ2v) is 5.99. The van der Waals surface area contributed by atoms with Gasteiger partial charge >= 0.3 is 0 Å². The second kappa shape index (κ2) is 7.17. The molecule has 1 heterocycles. The maximum absolute atomic E-state index is 12.9. The Morgan fingerprint density at radius 2 is 1.83 bits per heavy atom. The van der Waals surface area contributed by atoms with E-state index in [1.165, 1.54) is 0 Å². The number of rotatable bonds is 3. The number of carbonyl (C=O) groups is 2. The summed E-state index contributed by atoms with van der Waals surface area (Å²) in [6, 6.07) is 16.8. The van der Waals surface area contributed by atoms with Crippen molar-refractivity contribution in [2.24, 2.45) is 0 Å². The van der Waals surface area contributed by atoms with E-state index in [4.69, 9.17) is 5.73 Å². The Balaban J connectivity index is 1.82. The first-order valence-electron chi connectivity index (χ1n) is 8.09. The van der Waals surface area contributed by atoms with E-state index < -0.39 is 0 Å². The molecule has 2 aromatic carbocycles. The topological polar surface area (TPSA) is 75.4 Å². The molecule has 2 aromatic rings. The fourth-order valence-electron chi connectivity index (χ4n) is 3.01. The lowest BCUT2D eigenvalue weighted by atomic mass is 10.0. The third-order valence-corrected chi connectivity index (χ3v) is 4.27. The van der Waals surface area contributed by atoms with Crippen molar-refractivity contribution in [1.29, 1.82) is 0 Å². The van der Waals surface area contributed by atoms with Crippen LogP contribution in [0.15, 0.2) is 54.6 Å². The summed E-state index contributed by atoms with van der Waals surface area (Å²) in [7, 11) is 0. The van der Waals surface area contributed by atoms with Crippen LogP contribution in [0.4, 0.5) is 5.69 Å². The molecule has 1 saturated heterocycles. The monoisotopic (exact) mass is 323 g/mol. The molecule has 0 aliphatic carbocycles. The van der Waals surface area contributed by atoms with E-state index in [1.807, 2.05) is 47.4 Å². The Morgan fingerprint density at radius 1 is 1.12 bits per heavy atom. The van der Waals surface area contributed by atoms with Crippen LogP contribution in [0.3, 0.4) is 0 Å². The molecule has 5 heteroatoms. The van der Waals surface area contributed by atoms with Gasteiger partial charge < -0.3 is 16.0 Å². The molecule has 2 amide bonds. The molecule has 1 atom stereocenters. The predicted molar refractivity (Wildman–Crippen MR) is 93.1 cm³/mol. The molecular weight excluding hydrogens is 302 g/mol. The summed E-state index contributed by atoms with van der Waals surface area (Å²) in [4.78, 5) is 26.6. The quantitative estimate of drug-likeness (QED) is 0.847. The fourth-order valence-corrected chi connectivity index (χ4v) is 3.01. The van der Waals surface area contributed by atoms with Crippen molar-refractivity contribution in [3.63, 3.8) is 0 Å². The third-order valence-electron chi connectivity index (χ3n) is 4.27. The van der Waals surface area contributed by atoms with E-state index in [9.17, 15) is 9.59 Å². The number of anilines is 1. The standard InChI is InChI=1S/C19H21N3O2/c20-16-8-6-14(7-9-16)12-19(24)22-11-10-21-18(23)13-17(22)15-4-2-1-3-5-15/h1-9,17H,10-13,20H2,(H,21,23). The highest BCUT2D eigenvalue weighted by Gasteiger charge is 2.29. The smallest absolute Gasteiger partial charge is 0.227 e. The highest BCUT2D eigenvalue weighted by Crippen LogP contribution is 2.26. The molecule has 0 radical (unpaired) electrons. The van der Waals surface area contributed by atoms with Crippen molar-refractivity contribution in [3.05, 3.63) is 65.7 Å². The second-order valence-electron chi connectivity index (χ2n) is 5.99. The summed E-state index contributed by atoms with van der Waals surface area (Å²) in [5, 5.41) is 2.85. The predicted octanol–water partition coefficient (Wildman–Crippen LogP) is 1.90. The first-order valence-corrected chi connectivity index (χ1v) is 8.09. The van der Waals surface area contributed by atoms with Gasteiger partial charge in [0.2, 0.25) is 11.8 Å². The van der Waals surface area contributed by atoms with Gasteiger partial charge in [-0.15, -0.1) is 0 Å². The first kappa shape index (κ1) is 16.1. The summed E-state index contributed by atoms with van der Waals surface area (Å²) in [6.45, 7) is 0.995. The minimum Gasteiger partial charge on any atom is -0.399 e. The molecule has 0 aromatic heterocycles. The molecule has 5 nitrogen and oxygen atoms in total. The maximum atomic E-state index is 12.9. The van der Waals surface area contributed by atoms with Gasteiger partial charge in [-0.25, -0.2) is 0 Å². The van der Waals surface area contributed by atoms with E-state index in [1.54, 1.807) is 12.1 Å². The number of carbonyl (C=O) groups excluding carboxylic acids is 2. The maximum Gasteiger partial charge on any atom is 0.227 e. The van der Waals surface area contributed by atoms with Crippen LogP contribution in [0.2, 0.25) is 0 Å². The van der Waals surface area contributed by atoms with Crippen LogP contribution in [0.25, 0.3) is 0 Å². The average molecular weight is 323 g/mol. The molecule has 0 spiro atoms. The normalized spacial score (nSPS) is 17.9. The molecular formula is C19H21N3O2. The van der Waals surface area contributed by atoms with Gasteiger partial charge in [-0.05, 0) is 23.3 Å². The van der Waals surface area contributed by atoms with Crippen molar-refractivity contribution in [3.8, 4) is 0 Å². The van der Waals surface area contributed by atoms with Gasteiger partial charge in [-0.1, -0.05) is 42.5 Å². The van der Waals surface area contributed by atoms with Crippen LogP contribution in [0.5, 0.6) is 0 Å². The summed E-state index contributed by atoms with van der Waals surface area (Å²) in [5.74, 6) is -0.00300. The number of amides is 2. The minimum absolute atomic E-state index is 0.0186. The number of nitrogens with one attached hydrogen (secondary N) is 1. The minimum atomic E-state index is -0.227. The number of hydrogen-bond acceptors (Lipinski definition) is 3. The highest BCUT2D eigenvalue weighted by atomic mass is 16.2. The number of nitrogens with zero attached hydrogens (tertiary/aromatic N) is 1. The Kier molecular flexibility index (Phi) is 4.79. The van der Waals surface area contributed by atoms with Crippen molar-refractivity contribution in [1.82, 2.24) is 10.2 Å². The van der Waals surface area contributed by atoms with Gasteiger partial charge in [0, 0.05) is 18.8 Å². The molecule has 0 bridgehead atoms. The Hall–Kier alpha value is -2.82. The van der Waals surface area contributed by atoms with Crippen LogP contribution in [-0.4, -0.2) is 29.8 Å².